The van der Waals surface area contributed by atoms with E-state index in [-0.39, 0.29) is 0 Å². The van der Waals surface area contributed by atoms with Gasteiger partial charge in [0.25, 0.3) is 0 Å². The molecule has 14 heavy (non-hydrogen) atoms. The lowest BCUT2D eigenvalue weighted by Crippen LogP contribution is -2.35. The predicted octanol–water partition coefficient (Wildman–Crippen LogP) is 2.23. The van der Waals surface area contributed by atoms with Gasteiger partial charge in [0.2, 0.25) is 0 Å². The van der Waals surface area contributed by atoms with Crippen molar-refractivity contribution in [3.63, 3.8) is 0 Å². The van der Waals surface area contributed by atoms with Crippen molar-refractivity contribution in [2.24, 2.45) is 5.92 Å². The molecule has 0 radical (unpaired) electrons. The fourth-order valence-electron chi connectivity index (χ4n) is 2.35. The molecule has 2 unspecified atom stereocenters. The van der Waals surface area contributed by atoms with Gasteiger partial charge in [-0.25, -0.2) is 0 Å². The van der Waals surface area contributed by atoms with Gasteiger partial charge in [-0.1, -0.05) is 20.4 Å². The number of rotatable bonds is 5. The summed E-state index contributed by atoms with van der Waals surface area (Å²) in [5.74, 6) is 0.879. The van der Waals surface area contributed by atoms with Gasteiger partial charge in [-0.2, -0.15) is 0 Å². The number of hydrogen-bond acceptors (Lipinski definition) is 2. The van der Waals surface area contributed by atoms with E-state index in [1.165, 1.54) is 19.4 Å². The van der Waals surface area contributed by atoms with Crippen LogP contribution in [0.15, 0.2) is 12.3 Å². The summed E-state index contributed by atoms with van der Waals surface area (Å²) in [5, 5.41) is 3.30. The van der Waals surface area contributed by atoms with Crippen LogP contribution < -0.4 is 5.32 Å². The largest absolute Gasteiger partial charge is 0.388 e. The summed E-state index contributed by atoms with van der Waals surface area (Å²) >= 11 is 0. The Morgan fingerprint density at radius 1 is 1.57 bits per heavy atom. The highest BCUT2D eigenvalue weighted by atomic mass is 15.2. The van der Waals surface area contributed by atoms with E-state index >= 15 is 0 Å². The molecular formula is C12H24N2. The van der Waals surface area contributed by atoms with Crippen molar-refractivity contribution in [2.45, 2.75) is 39.7 Å². The predicted molar refractivity (Wildman–Crippen MR) is 62.2 cm³/mol. The second-order valence-electron chi connectivity index (χ2n) is 4.60. The van der Waals surface area contributed by atoms with Crippen LogP contribution in [0.4, 0.5) is 0 Å². The van der Waals surface area contributed by atoms with E-state index in [2.05, 4.69) is 30.6 Å². The van der Waals surface area contributed by atoms with E-state index < -0.39 is 0 Å². The zero-order valence-electron chi connectivity index (χ0n) is 9.84. The molecule has 0 amide bonds. The molecule has 0 saturated carbocycles. The average Bonchev–Trinajstić information content (AvgIpc) is 2.45. The lowest BCUT2D eigenvalue weighted by molar-refractivity contribution is 0.248. The average molecular weight is 196 g/mol. The van der Waals surface area contributed by atoms with Crippen LogP contribution in [0, 0.1) is 5.92 Å². The molecule has 1 aliphatic heterocycles. The van der Waals surface area contributed by atoms with Gasteiger partial charge in [0.15, 0.2) is 0 Å². The Bertz CT molecular complexity index is 189. The Hall–Kier alpha value is -0.500. The van der Waals surface area contributed by atoms with Gasteiger partial charge >= 0.3 is 0 Å². The van der Waals surface area contributed by atoms with Crippen molar-refractivity contribution in [1.82, 2.24) is 10.2 Å². The molecule has 2 heteroatoms. The minimum atomic E-state index is 0.817. The number of nitrogens with zero attached hydrogens (tertiary/aromatic N) is 1. The van der Waals surface area contributed by atoms with Crippen LogP contribution in [0.5, 0.6) is 0 Å². The molecular weight excluding hydrogens is 172 g/mol. The van der Waals surface area contributed by atoms with Crippen LogP contribution in [0.25, 0.3) is 0 Å². The van der Waals surface area contributed by atoms with Gasteiger partial charge in [-0.05, 0) is 25.7 Å². The van der Waals surface area contributed by atoms with E-state index in [9.17, 15) is 0 Å². The van der Waals surface area contributed by atoms with Gasteiger partial charge in [0.05, 0.1) is 0 Å². The molecule has 1 heterocycles. The third-order valence-electron chi connectivity index (χ3n) is 3.03. The third-order valence-corrected chi connectivity index (χ3v) is 3.03. The lowest BCUT2D eigenvalue weighted by Gasteiger charge is -2.23. The van der Waals surface area contributed by atoms with Gasteiger partial charge in [0.1, 0.15) is 0 Å². The van der Waals surface area contributed by atoms with Gasteiger partial charge < -0.3 is 5.32 Å². The Morgan fingerprint density at radius 2 is 2.29 bits per heavy atom. The molecule has 1 saturated heterocycles. The van der Waals surface area contributed by atoms with Crippen LogP contribution in [0.2, 0.25) is 0 Å². The second kappa shape index (κ2) is 5.40. The van der Waals surface area contributed by atoms with Crippen molar-refractivity contribution in [2.75, 3.05) is 19.6 Å². The maximum Gasteiger partial charge on any atom is 0.0271 e. The van der Waals surface area contributed by atoms with E-state index in [4.69, 9.17) is 0 Å². The monoisotopic (exact) mass is 196 g/mol. The van der Waals surface area contributed by atoms with Crippen LogP contribution in [-0.4, -0.2) is 30.6 Å². The number of allylic oxidation sites excluding steroid dienone is 1. The van der Waals surface area contributed by atoms with Crippen LogP contribution >= 0.6 is 0 Å². The van der Waals surface area contributed by atoms with Crippen LogP contribution in [0.3, 0.4) is 0 Å². The molecule has 0 aliphatic carbocycles. The normalized spacial score (nSPS) is 27.9. The van der Waals surface area contributed by atoms with E-state index in [1.54, 1.807) is 0 Å². The van der Waals surface area contributed by atoms with E-state index in [1.807, 2.05) is 6.92 Å². The van der Waals surface area contributed by atoms with Crippen molar-refractivity contribution < 1.29 is 0 Å². The summed E-state index contributed by atoms with van der Waals surface area (Å²) in [6.07, 6.45) is 2.67. The Morgan fingerprint density at radius 3 is 2.86 bits per heavy atom. The second-order valence-corrected chi connectivity index (χ2v) is 4.60. The minimum Gasteiger partial charge on any atom is -0.388 e. The smallest absolute Gasteiger partial charge is 0.0271 e. The summed E-state index contributed by atoms with van der Waals surface area (Å²) in [6.45, 7) is 14.0. The molecule has 0 aromatic rings. The minimum absolute atomic E-state index is 0.817. The van der Waals surface area contributed by atoms with Crippen molar-refractivity contribution in [3.8, 4) is 0 Å². The van der Waals surface area contributed by atoms with Crippen molar-refractivity contribution >= 4 is 0 Å². The standard InChI is InChI=1S/C12H24N2/c1-5-12-8-11(4)9-14(12)7-6-13-10(2)3/h11-13H,2,5-9H2,1,3-4H3. The lowest BCUT2D eigenvalue weighted by atomic mass is 10.1. The molecule has 0 aromatic heterocycles. The van der Waals surface area contributed by atoms with Gasteiger partial charge in [-0.15, -0.1) is 0 Å². The SMILES string of the molecule is C=C(C)NCCN1CC(C)CC1CC. The Labute approximate surface area is 88.4 Å². The maximum absolute atomic E-state index is 3.84. The molecule has 82 valence electrons. The summed E-state index contributed by atoms with van der Waals surface area (Å²) in [6, 6.07) is 0.817. The Balaban J connectivity index is 2.25. The first-order valence-electron chi connectivity index (χ1n) is 5.77. The first-order chi connectivity index (χ1) is 6.63. The molecule has 1 fully saturated rings. The summed E-state index contributed by atoms with van der Waals surface area (Å²) < 4.78 is 0. The molecule has 1 rings (SSSR count). The van der Waals surface area contributed by atoms with Gasteiger partial charge in [-0.3, -0.25) is 4.90 Å². The van der Waals surface area contributed by atoms with E-state index in [0.717, 1.165) is 30.7 Å². The first-order valence-corrected chi connectivity index (χ1v) is 5.77. The fourth-order valence-corrected chi connectivity index (χ4v) is 2.35. The van der Waals surface area contributed by atoms with Crippen molar-refractivity contribution in [3.05, 3.63) is 12.3 Å². The zero-order chi connectivity index (χ0) is 10.6. The topological polar surface area (TPSA) is 15.3 Å². The molecule has 2 nitrogen and oxygen atoms in total. The zero-order valence-corrected chi connectivity index (χ0v) is 9.84. The highest BCUT2D eigenvalue weighted by Crippen LogP contribution is 2.24. The Kier molecular flexibility index (Phi) is 4.46. The highest BCUT2D eigenvalue weighted by Gasteiger charge is 2.27. The quantitative estimate of drug-likeness (QED) is 0.725. The molecule has 0 aromatic carbocycles. The fraction of sp³-hybridized carbons (Fsp3) is 0.833. The number of hydrogen-bond donors (Lipinski definition) is 1. The summed E-state index contributed by atoms with van der Waals surface area (Å²) in [7, 11) is 0. The molecule has 1 N–H and O–H groups in total. The molecule has 2 atom stereocenters. The first kappa shape index (κ1) is 11.6. The van der Waals surface area contributed by atoms with Crippen LogP contribution in [-0.2, 0) is 0 Å². The molecule has 0 bridgehead atoms. The highest BCUT2D eigenvalue weighted by molar-refractivity contribution is 4.87. The van der Waals surface area contributed by atoms with Crippen molar-refractivity contribution in [1.29, 1.82) is 0 Å². The molecule has 0 spiro atoms. The van der Waals surface area contributed by atoms with Crippen LogP contribution in [0.1, 0.15) is 33.6 Å². The number of likely N-dealkylation sites (tertiary alicyclic amines) is 1. The third kappa shape index (κ3) is 3.33. The summed E-state index contributed by atoms with van der Waals surface area (Å²) in [4.78, 5) is 2.61. The summed E-state index contributed by atoms with van der Waals surface area (Å²) in [5.41, 5.74) is 1.07. The van der Waals surface area contributed by atoms with Gasteiger partial charge in [0, 0.05) is 31.4 Å². The maximum atomic E-state index is 3.84. The molecule has 1 aliphatic rings. The van der Waals surface area contributed by atoms with E-state index in [0.29, 0.717) is 0 Å². The number of nitrogens with one attached hydrogen (secondary N) is 1.